The van der Waals surface area contributed by atoms with Crippen LogP contribution in [0, 0.1) is 11.3 Å². The van der Waals surface area contributed by atoms with E-state index in [-0.39, 0.29) is 24.0 Å². The van der Waals surface area contributed by atoms with Crippen LogP contribution in [0.25, 0.3) is 0 Å². The number of nitrogens with zero attached hydrogens (tertiary/aromatic N) is 3. The lowest BCUT2D eigenvalue weighted by Crippen LogP contribution is -2.53. The fourth-order valence-corrected chi connectivity index (χ4v) is 4.55. The van der Waals surface area contributed by atoms with Gasteiger partial charge in [0.05, 0.1) is 5.00 Å². The number of hydrogen-bond donors (Lipinski definition) is 1. The molecule has 1 aromatic rings. The largest absolute Gasteiger partial charge is 0.360 e. The number of hydrogen-bond acceptors (Lipinski definition) is 3. The highest BCUT2D eigenvalue weighted by Crippen LogP contribution is 2.60. The van der Waals surface area contributed by atoms with Crippen LogP contribution in [0.1, 0.15) is 25.7 Å². The lowest BCUT2D eigenvalue weighted by molar-refractivity contribution is 0.360. The second-order valence-corrected chi connectivity index (χ2v) is 7.89. The summed E-state index contributed by atoms with van der Waals surface area (Å²) >= 11 is 1.84. The SMILES string of the molecule is CN=C(NCC1(C2CC2)CC1)N1CCN(c2cccs2)CC1.I. The molecule has 1 aromatic heterocycles. The molecule has 0 bridgehead atoms. The summed E-state index contributed by atoms with van der Waals surface area (Å²) in [5.74, 6) is 2.12. The van der Waals surface area contributed by atoms with Gasteiger partial charge in [0.1, 0.15) is 0 Å². The van der Waals surface area contributed by atoms with Crippen molar-refractivity contribution in [1.82, 2.24) is 10.2 Å². The lowest BCUT2D eigenvalue weighted by Gasteiger charge is -2.37. The van der Waals surface area contributed by atoms with Crippen LogP contribution in [0.4, 0.5) is 5.00 Å². The van der Waals surface area contributed by atoms with E-state index in [9.17, 15) is 0 Å². The fourth-order valence-electron chi connectivity index (χ4n) is 3.76. The summed E-state index contributed by atoms with van der Waals surface area (Å²) in [7, 11) is 1.92. The summed E-state index contributed by atoms with van der Waals surface area (Å²) in [6.07, 6.45) is 5.77. The van der Waals surface area contributed by atoms with Gasteiger partial charge in [0.2, 0.25) is 0 Å². The number of guanidine groups is 1. The van der Waals surface area contributed by atoms with E-state index in [1.54, 1.807) is 0 Å². The Bertz CT molecular complexity index is 529. The van der Waals surface area contributed by atoms with Gasteiger partial charge in [0, 0.05) is 39.8 Å². The molecule has 0 amide bonds. The standard InChI is InChI=1S/C17H26N4S.HI/c1-18-16(19-13-17(6-7-17)14-4-5-14)21-10-8-20(9-11-21)15-3-2-12-22-15;/h2-3,12,14H,4-11,13H2,1H3,(H,18,19);1H. The predicted molar refractivity (Wildman–Crippen MR) is 109 cm³/mol. The summed E-state index contributed by atoms with van der Waals surface area (Å²) in [5.41, 5.74) is 0.634. The Morgan fingerprint density at radius 1 is 1.30 bits per heavy atom. The van der Waals surface area contributed by atoms with E-state index in [4.69, 9.17) is 0 Å². The summed E-state index contributed by atoms with van der Waals surface area (Å²) in [4.78, 5) is 9.44. The van der Waals surface area contributed by atoms with Crippen molar-refractivity contribution >= 4 is 46.3 Å². The quantitative estimate of drug-likeness (QED) is 0.438. The maximum Gasteiger partial charge on any atom is 0.193 e. The molecule has 23 heavy (non-hydrogen) atoms. The summed E-state index contributed by atoms with van der Waals surface area (Å²) in [6.45, 7) is 5.45. The van der Waals surface area contributed by atoms with Gasteiger partial charge in [0.25, 0.3) is 0 Å². The third-order valence-corrected chi connectivity index (χ3v) is 6.47. The van der Waals surface area contributed by atoms with Crippen molar-refractivity contribution < 1.29 is 0 Å². The second-order valence-electron chi connectivity index (χ2n) is 6.96. The molecule has 0 radical (unpaired) electrons. The van der Waals surface area contributed by atoms with Crippen LogP contribution >= 0.6 is 35.3 Å². The third-order valence-electron chi connectivity index (χ3n) is 5.54. The zero-order valence-corrected chi connectivity index (χ0v) is 17.0. The number of thiophene rings is 1. The molecule has 3 fully saturated rings. The van der Waals surface area contributed by atoms with Crippen LogP contribution < -0.4 is 10.2 Å². The Kier molecular flexibility index (Phi) is 5.40. The first-order chi connectivity index (χ1) is 10.8. The highest BCUT2D eigenvalue weighted by Gasteiger charge is 2.53. The van der Waals surface area contributed by atoms with Gasteiger partial charge < -0.3 is 15.1 Å². The first-order valence-electron chi connectivity index (χ1n) is 8.55. The maximum absolute atomic E-state index is 4.53. The average molecular weight is 446 g/mol. The highest BCUT2D eigenvalue weighted by molar-refractivity contribution is 14.0. The van der Waals surface area contributed by atoms with Gasteiger partial charge in [-0.1, -0.05) is 0 Å². The van der Waals surface area contributed by atoms with Gasteiger partial charge in [-0.2, -0.15) is 0 Å². The number of halogens is 1. The molecule has 1 saturated heterocycles. The third kappa shape index (κ3) is 3.78. The van der Waals surface area contributed by atoms with Gasteiger partial charge in [-0.25, -0.2) is 0 Å². The fraction of sp³-hybridized carbons (Fsp3) is 0.706. The Morgan fingerprint density at radius 2 is 2.04 bits per heavy atom. The van der Waals surface area contributed by atoms with E-state index in [1.165, 1.54) is 30.7 Å². The smallest absolute Gasteiger partial charge is 0.193 e. The zero-order chi connectivity index (χ0) is 15.0. The van der Waals surface area contributed by atoms with Gasteiger partial charge in [0.15, 0.2) is 5.96 Å². The molecule has 0 unspecified atom stereocenters. The molecule has 0 spiro atoms. The Morgan fingerprint density at radius 3 is 2.57 bits per heavy atom. The van der Waals surface area contributed by atoms with E-state index in [0.717, 1.165) is 44.6 Å². The second kappa shape index (κ2) is 7.17. The van der Waals surface area contributed by atoms with Crippen molar-refractivity contribution in [2.24, 2.45) is 16.3 Å². The number of nitrogens with one attached hydrogen (secondary N) is 1. The van der Waals surface area contributed by atoms with Crippen LogP contribution in [-0.4, -0.2) is 50.6 Å². The first kappa shape index (κ1) is 17.3. The van der Waals surface area contributed by atoms with Crippen molar-refractivity contribution in [3.05, 3.63) is 17.5 Å². The molecule has 2 saturated carbocycles. The van der Waals surface area contributed by atoms with E-state index < -0.39 is 0 Å². The minimum absolute atomic E-state index is 0. The Labute approximate surface area is 160 Å². The number of aliphatic imine (C=N–C) groups is 1. The summed E-state index contributed by atoms with van der Waals surface area (Å²) in [6, 6.07) is 4.36. The van der Waals surface area contributed by atoms with Gasteiger partial charge in [-0.3, -0.25) is 4.99 Å². The number of piperazine rings is 1. The van der Waals surface area contributed by atoms with Crippen LogP contribution in [-0.2, 0) is 0 Å². The van der Waals surface area contributed by atoms with Crippen LogP contribution in [0.15, 0.2) is 22.5 Å². The van der Waals surface area contributed by atoms with Crippen molar-refractivity contribution in [3.8, 4) is 0 Å². The van der Waals surface area contributed by atoms with Crippen molar-refractivity contribution in [2.75, 3.05) is 44.7 Å². The van der Waals surface area contributed by atoms with Crippen LogP contribution in [0.5, 0.6) is 0 Å². The Hall–Kier alpha value is -0.500. The van der Waals surface area contributed by atoms with Crippen molar-refractivity contribution in [3.63, 3.8) is 0 Å². The molecule has 4 nitrogen and oxygen atoms in total. The molecule has 3 aliphatic rings. The van der Waals surface area contributed by atoms with E-state index in [1.807, 2.05) is 18.4 Å². The van der Waals surface area contributed by atoms with Crippen molar-refractivity contribution in [1.29, 1.82) is 0 Å². The predicted octanol–water partition coefficient (Wildman–Crippen LogP) is 3.25. The molecule has 1 aliphatic heterocycles. The topological polar surface area (TPSA) is 30.9 Å². The summed E-state index contributed by atoms with van der Waals surface area (Å²) in [5, 5.41) is 7.23. The van der Waals surface area contributed by atoms with E-state index in [2.05, 4.69) is 37.6 Å². The lowest BCUT2D eigenvalue weighted by atomic mass is 10.0. The number of rotatable bonds is 4. The monoisotopic (exact) mass is 446 g/mol. The molecular formula is C17H27IN4S. The first-order valence-corrected chi connectivity index (χ1v) is 9.43. The maximum atomic E-state index is 4.53. The van der Waals surface area contributed by atoms with Crippen LogP contribution in [0.2, 0.25) is 0 Å². The molecule has 6 heteroatoms. The molecule has 128 valence electrons. The highest BCUT2D eigenvalue weighted by atomic mass is 127. The van der Waals surface area contributed by atoms with Crippen LogP contribution in [0.3, 0.4) is 0 Å². The van der Waals surface area contributed by atoms with Gasteiger partial charge in [-0.05, 0) is 54.5 Å². The number of anilines is 1. The summed E-state index contributed by atoms with van der Waals surface area (Å²) < 4.78 is 0. The Balaban J connectivity index is 0.00000156. The molecular weight excluding hydrogens is 419 g/mol. The molecule has 2 heterocycles. The van der Waals surface area contributed by atoms with Gasteiger partial charge in [-0.15, -0.1) is 35.3 Å². The normalized spacial score (nSPS) is 23.4. The van der Waals surface area contributed by atoms with Crippen molar-refractivity contribution in [2.45, 2.75) is 25.7 Å². The molecule has 0 aromatic carbocycles. The minimum Gasteiger partial charge on any atom is -0.360 e. The van der Waals surface area contributed by atoms with E-state index in [0.29, 0.717) is 5.41 Å². The molecule has 0 atom stereocenters. The zero-order valence-electron chi connectivity index (χ0n) is 13.8. The van der Waals surface area contributed by atoms with Gasteiger partial charge >= 0.3 is 0 Å². The minimum atomic E-state index is 0. The molecule has 2 aliphatic carbocycles. The molecule has 1 N–H and O–H groups in total. The van der Waals surface area contributed by atoms with E-state index >= 15 is 0 Å². The average Bonchev–Trinajstić information content (AvgIpc) is 3.47. The molecule has 4 rings (SSSR count).